The number of aromatic hydroxyl groups is 1. The van der Waals surface area contributed by atoms with Crippen molar-refractivity contribution in [3.05, 3.63) is 70.0 Å². The maximum atomic E-state index is 12.8. The lowest BCUT2D eigenvalue weighted by Gasteiger charge is -2.13. The second-order valence-corrected chi connectivity index (χ2v) is 5.73. The molecule has 2 aromatic carbocycles. The second kappa shape index (κ2) is 6.68. The molecule has 0 spiro atoms. The van der Waals surface area contributed by atoms with Gasteiger partial charge in [-0.1, -0.05) is 12.1 Å². The Kier molecular flexibility index (Phi) is 4.43. The van der Waals surface area contributed by atoms with Crippen LogP contribution >= 0.6 is 0 Å². The predicted molar refractivity (Wildman–Crippen MR) is 93.3 cm³/mol. The van der Waals surface area contributed by atoms with Crippen LogP contribution in [-0.4, -0.2) is 27.9 Å². The van der Waals surface area contributed by atoms with Gasteiger partial charge in [-0.15, -0.1) is 0 Å². The third-order valence-corrected chi connectivity index (χ3v) is 3.97. The van der Waals surface area contributed by atoms with E-state index in [2.05, 4.69) is 0 Å². The molecular weight excluding hydrogens is 322 g/mol. The summed E-state index contributed by atoms with van der Waals surface area (Å²) in [6.45, 7) is -0.254. The van der Waals surface area contributed by atoms with E-state index in [4.69, 9.17) is 9.84 Å². The molecule has 0 unspecified atom stereocenters. The number of hydrogen-bond donors (Lipinski definition) is 2. The summed E-state index contributed by atoms with van der Waals surface area (Å²) in [4.78, 5) is 24.0. The molecular formula is C19H17NO5. The van der Waals surface area contributed by atoms with Crippen molar-refractivity contribution >= 4 is 16.9 Å². The molecule has 0 aliphatic rings. The quantitative estimate of drug-likeness (QED) is 0.745. The Morgan fingerprint density at radius 2 is 2.00 bits per heavy atom. The van der Waals surface area contributed by atoms with Gasteiger partial charge in [0.05, 0.1) is 12.6 Å². The minimum Gasteiger partial charge on any atom is -0.508 e. The molecule has 0 saturated carbocycles. The molecule has 0 fully saturated rings. The fraction of sp³-hybridized carbons (Fsp3) is 0.158. The molecule has 0 aliphatic carbocycles. The van der Waals surface area contributed by atoms with Crippen LogP contribution in [0.25, 0.3) is 10.9 Å². The normalized spacial score (nSPS) is 10.8. The number of aromatic nitrogens is 1. The number of carboxylic acid groups (broad SMARTS) is 1. The Labute approximate surface area is 143 Å². The van der Waals surface area contributed by atoms with Gasteiger partial charge in [-0.3, -0.25) is 9.59 Å². The molecule has 0 radical (unpaired) electrons. The summed E-state index contributed by atoms with van der Waals surface area (Å²) < 4.78 is 6.71. The molecule has 2 N–H and O–H groups in total. The number of carboxylic acids is 1. The largest absolute Gasteiger partial charge is 0.508 e. The summed E-state index contributed by atoms with van der Waals surface area (Å²) in [5.74, 6) is -0.351. The summed E-state index contributed by atoms with van der Waals surface area (Å²) in [7, 11) is 1.51. The van der Waals surface area contributed by atoms with Gasteiger partial charge < -0.3 is 19.5 Å². The van der Waals surface area contributed by atoms with E-state index in [1.165, 1.54) is 11.7 Å². The van der Waals surface area contributed by atoms with E-state index >= 15 is 0 Å². The van der Waals surface area contributed by atoms with Crippen molar-refractivity contribution in [2.24, 2.45) is 0 Å². The van der Waals surface area contributed by atoms with Crippen molar-refractivity contribution in [1.82, 2.24) is 4.57 Å². The SMILES string of the molecule is COc1ccc2c(c1)c(=O)c(Cc1cccc(O)c1)cn2CC(=O)O. The third-order valence-electron chi connectivity index (χ3n) is 3.97. The molecule has 0 saturated heterocycles. The van der Waals surface area contributed by atoms with Gasteiger partial charge in [0.15, 0.2) is 5.43 Å². The van der Waals surface area contributed by atoms with Gasteiger partial charge in [-0.05, 0) is 35.9 Å². The first-order chi connectivity index (χ1) is 12.0. The number of aliphatic carboxylic acids is 1. The molecule has 128 valence electrons. The van der Waals surface area contributed by atoms with E-state index in [1.807, 2.05) is 0 Å². The summed E-state index contributed by atoms with van der Waals surface area (Å²) in [6, 6.07) is 11.6. The molecule has 0 atom stereocenters. The smallest absolute Gasteiger partial charge is 0.323 e. The lowest BCUT2D eigenvalue weighted by atomic mass is 10.0. The van der Waals surface area contributed by atoms with Crippen LogP contribution in [0.1, 0.15) is 11.1 Å². The highest BCUT2D eigenvalue weighted by Crippen LogP contribution is 2.21. The third kappa shape index (κ3) is 3.47. The van der Waals surface area contributed by atoms with E-state index in [1.54, 1.807) is 48.7 Å². The van der Waals surface area contributed by atoms with Crippen molar-refractivity contribution < 1.29 is 19.7 Å². The van der Waals surface area contributed by atoms with Crippen LogP contribution in [0.2, 0.25) is 0 Å². The minimum atomic E-state index is -0.996. The maximum Gasteiger partial charge on any atom is 0.323 e. The highest BCUT2D eigenvalue weighted by Gasteiger charge is 2.13. The molecule has 0 amide bonds. The number of benzene rings is 2. The zero-order chi connectivity index (χ0) is 18.0. The molecule has 1 heterocycles. The Hall–Kier alpha value is -3.28. The van der Waals surface area contributed by atoms with Crippen molar-refractivity contribution in [2.45, 2.75) is 13.0 Å². The number of fused-ring (bicyclic) bond motifs is 1. The Morgan fingerprint density at radius 3 is 2.68 bits per heavy atom. The zero-order valence-corrected chi connectivity index (χ0v) is 13.6. The monoisotopic (exact) mass is 339 g/mol. The van der Waals surface area contributed by atoms with Crippen molar-refractivity contribution in [3.8, 4) is 11.5 Å². The molecule has 6 heteroatoms. The fourth-order valence-corrected chi connectivity index (χ4v) is 2.85. The first-order valence-electron chi connectivity index (χ1n) is 7.67. The van der Waals surface area contributed by atoms with Crippen LogP contribution in [0, 0.1) is 0 Å². The summed E-state index contributed by atoms with van der Waals surface area (Å²) in [5.41, 5.74) is 1.57. The lowest BCUT2D eigenvalue weighted by molar-refractivity contribution is -0.137. The zero-order valence-electron chi connectivity index (χ0n) is 13.6. The van der Waals surface area contributed by atoms with Crippen LogP contribution in [0.3, 0.4) is 0 Å². The average Bonchev–Trinajstić information content (AvgIpc) is 2.58. The number of hydrogen-bond acceptors (Lipinski definition) is 4. The molecule has 0 aliphatic heterocycles. The first-order valence-corrected chi connectivity index (χ1v) is 7.67. The van der Waals surface area contributed by atoms with Crippen molar-refractivity contribution in [3.63, 3.8) is 0 Å². The lowest BCUT2D eigenvalue weighted by Crippen LogP contribution is -2.18. The standard InChI is InChI=1S/C19H17NO5/c1-25-15-5-6-17-16(9-15)19(24)13(10-20(17)11-18(22)23)7-12-3-2-4-14(21)8-12/h2-6,8-10,21H,7,11H2,1H3,(H,22,23). The molecule has 6 nitrogen and oxygen atoms in total. The average molecular weight is 339 g/mol. The Balaban J connectivity index is 2.18. The molecule has 3 aromatic rings. The summed E-state index contributed by atoms with van der Waals surface area (Å²) >= 11 is 0. The molecule has 0 bridgehead atoms. The van der Waals surface area contributed by atoms with Gasteiger partial charge in [0.2, 0.25) is 0 Å². The van der Waals surface area contributed by atoms with Gasteiger partial charge in [0.1, 0.15) is 18.0 Å². The molecule has 25 heavy (non-hydrogen) atoms. The second-order valence-electron chi connectivity index (χ2n) is 5.73. The highest BCUT2D eigenvalue weighted by molar-refractivity contribution is 5.82. The molecule has 3 rings (SSSR count). The van der Waals surface area contributed by atoms with E-state index in [-0.39, 0.29) is 17.7 Å². The van der Waals surface area contributed by atoms with Crippen LogP contribution in [-0.2, 0) is 17.8 Å². The molecule has 1 aromatic heterocycles. The van der Waals surface area contributed by atoms with Crippen LogP contribution < -0.4 is 10.2 Å². The topological polar surface area (TPSA) is 88.8 Å². The Morgan fingerprint density at radius 1 is 1.20 bits per heavy atom. The number of pyridine rings is 1. The number of phenolic OH excluding ortho intramolecular Hbond substituents is 1. The number of methoxy groups -OCH3 is 1. The fourth-order valence-electron chi connectivity index (χ4n) is 2.85. The highest BCUT2D eigenvalue weighted by atomic mass is 16.5. The van der Waals surface area contributed by atoms with Crippen molar-refractivity contribution in [1.29, 1.82) is 0 Å². The predicted octanol–water partition coefficient (Wildman–Crippen LogP) is 2.39. The van der Waals surface area contributed by atoms with Gasteiger partial charge in [0, 0.05) is 23.6 Å². The number of rotatable bonds is 5. The van der Waals surface area contributed by atoms with E-state index in [0.717, 1.165) is 5.56 Å². The van der Waals surface area contributed by atoms with Gasteiger partial charge in [-0.2, -0.15) is 0 Å². The van der Waals surface area contributed by atoms with E-state index in [9.17, 15) is 14.7 Å². The van der Waals surface area contributed by atoms with Crippen LogP contribution in [0.4, 0.5) is 0 Å². The van der Waals surface area contributed by atoms with E-state index < -0.39 is 5.97 Å². The maximum absolute atomic E-state index is 12.8. The van der Waals surface area contributed by atoms with Gasteiger partial charge in [-0.25, -0.2) is 0 Å². The number of nitrogens with zero attached hydrogens (tertiary/aromatic N) is 1. The van der Waals surface area contributed by atoms with Crippen LogP contribution in [0.5, 0.6) is 11.5 Å². The van der Waals surface area contributed by atoms with Crippen molar-refractivity contribution in [2.75, 3.05) is 7.11 Å². The minimum absolute atomic E-state index is 0.116. The number of ether oxygens (including phenoxy) is 1. The first kappa shape index (κ1) is 16.6. The van der Waals surface area contributed by atoms with Gasteiger partial charge >= 0.3 is 5.97 Å². The summed E-state index contributed by atoms with van der Waals surface area (Å²) in [6.07, 6.45) is 1.86. The van der Waals surface area contributed by atoms with Gasteiger partial charge in [0.25, 0.3) is 0 Å². The van der Waals surface area contributed by atoms with Crippen LogP contribution in [0.15, 0.2) is 53.5 Å². The Bertz CT molecular complexity index is 1010. The number of phenols is 1. The summed E-state index contributed by atoms with van der Waals surface area (Å²) in [5, 5.41) is 19.2. The van der Waals surface area contributed by atoms with E-state index in [0.29, 0.717) is 28.6 Å². The number of carbonyl (C=O) groups is 1.